The highest BCUT2D eigenvalue weighted by atomic mass is 19.4. The van der Waals surface area contributed by atoms with Gasteiger partial charge in [0.1, 0.15) is 5.76 Å². The van der Waals surface area contributed by atoms with Crippen molar-refractivity contribution in [2.24, 2.45) is 0 Å². The van der Waals surface area contributed by atoms with Crippen molar-refractivity contribution in [3.63, 3.8) is 0 Å². The van der Waals surface area contributed by atoms with Gasteiger partial charge in [0.25, 0.3) is 17.4 Å². The molecule has 0 aromatic heterocycles. The lowest BCUT2D eigenvalue weighted by Crippen LogP contribution is -2.29. The molecule has 4 rings (SSSR count). The van der Waals surface area contributed by atoms with Crippen molar-refractivity contribution in [2.75, 3.05) is 4.90 Å². The first-order chi connectivity index (χ1) is 16.1. The second-order valence-corrected chi connectivity index (χ2v) is 7.43. The van der Waals surface area contributed by atoms with E-state index in [4.69, 9.17) is 0 Å². The van der Waals surface area contributed by atoms with E-state index < -0.39 is 40.2 Å². The molecule has 0 radical (unpaired) electrons. The molecule has 1 amide bonds. The van der Waals surface area contributed by atoms with E-state index in [0.29, 0.717) is 0 Å². The van der Waals surface area contributed by atoms with E-state index in [0.717, 1.165) is 35.2 Å². The summed E-state index contributed by atoms with van der Waals surface area (Å²) in [6.07, 6.45) is -4.70. The van der Waals surface area contributed by atoms with Crippen LogP contribution in [-0.2, 0) is 15.8 Å². The Labute approximate surface area is 190 Å². The van der Waals surface area contributed by atoms with Gasteiger partial charge >= 0.3 is 6.18 Å². The number of amides is 1. The Morgan fingerprint density at radius 1 is 0.941 bits per heavy atom. The van der Waals surface area contributed by atoms with Crippen molar-refractivity contribution in [1.29, 1.82) is 0 Å². The van der Waals surface area contributed by atoms with Crippen LogP contribution in [0.3, 0.4) is 0 Å². The maximum absolute atomic E-state index is 13.3. The summed E-state index contributed by atoms with van der Waals surface area (Å²) < 4.78 is 39.9. The topological polar surface area (TPSA) is 101 Å². The van der Waals surface area contributed by atoms with Crippen LogP contribution in [0.5, 0.6) is 0 Å². The molecule has 10 heteroatoms. The number of aliphatic hydroxyl groups is 1. The summed E-state index contributed by atoms with van der Waals surface area (Å²) in [5, 5.41) is 22.0. The second kappa shape index (κ2) is 8.47. The van der Waals surface area contributed by atoms with Crippen LogP contribution in [-0.4, -0.2) is 21.7 Å². The first-order valence-corrected chi connectivity index (χ1v) is 9.87. The molecule has 1 aliphatic rings. The largest absolute Gasteiger partial charge is 0.507 e. The average molecular weight is 468 g/mol. The number of hydrogen-bond acceptors (Lipinski definition) is 5. The number of carbonyl (C=O) groups excluding carboxylic acids is 2. The fourth-order valence-electron chi connectivity index (χ4n) is 3.78. The van der Waals surface area contributed by atoms with Gasteiger partial charge in [0, 0.05) is 23.4 Å². The van der Waals surface area contributed by atoms with E-state index in [1.54, 1.807) is 18.2 Å². The van der Waals surface area contributed by atoms with E-state index in [2.05, 4.69) is 0 Å². The van der Waals surface area contributed by atoms with Gasteiger partial charge in [0.2, 0.25) is 0 Å². The number of alkyl halides is 3. The molecule has 3 aromatic rings. The highest BCUT2D eigenvalue weighted by Crippen LogP contribution is 2.43. The number of nitrogens with zero attached hydrogens (tertiary/aromatic N) is 2. The minimum absolute atomic E-state index is 0.194. The molecule has 1 heterocycles. The Bertz CT molecular complexity index is 1320. The van der Waals surface area contributed by atoms with Gasteiger partial charge in [0.05, 0.1) is 22.1 Å². The summed E-state index contributed by atoms with van der Waals surface area (Å²) >= 11 is 0. The molecular formula is C24H15F3N2O5. The molecule has 34 heavy (non-hydrogen) atoms. The molecule has 1 aliphatic heterocycles. The Balaban J connectivity index is 1.94. The molecule has 1 N–H and O–H groups in total. The quantitative estimate of drug-likeness (QED) is 0.186. The van der Waals surface area contributed by atoms with Crippen molar-refractivity contribution in [3.8, 4) is 0 Å². The van der Waals surface area contributed by atoms with Crippen LogP contribution in [0.2, 0.25) is 0 Å². The van der Waals surface area contributed by atoms with E-state index in [1.165, 1.54) is 30.3 Å². The normalized spacial score (nSPS) is 17.7. The molecule has 1 fully saturated rings. The monoisotopic (exact) mass is 468 g/mol. The van der Waals surface area contributed by atoms with E-state index in [9.17, 15) is 38.0 Å². The second-order valence-electron chi connectivity index (χ2n) is 7.43. The molecular weight excluding hydrogens is 453 g/mol. The van der Waals surface area contributed by atoms with Gasteiger partial charge in [0.15, 0.2) is 0 Å². The van der Waals surface area contributed by atoms with Crippen molar-refractivity contribution in [2.45, 2.75) is 12.2 Å². The standard InChI is InChI=1S/C24H15F3N2O5/c25-24(26,27)16-7-4-8-18(13-16)28-20(14-9-11-17(12-10-14)29(33)34)19(22(31)23(28)32)21(30)15-5-2-1-3-6-15/h1-13,20,30H/b21-19-/t20-/m0/s1. The van der Waals surface area contributed by atoms with Crippen molar-refractivity contribution in [1.82, 2.24) is 0 Å². The van der Waals surface area contributed by atoms with Crippen molar-refractivity contribution >= 4 is 28.8 Å². The van der Waals surface area contributed by atoms with Gasteiger partial charge in [-0.15, -0.1) is 0 Å². The third-order valence-corrected chi connectivity index (χ3v) is 5.36. The zero-order valence-corrected chi connectivity index (χ0v) is 17.2. The average Bonchev–Trinajstić information content (AvgIpc) is 3.09. The van der Waals surface area contributed by atoms with Crippen LogP contribution in [0.1, 0.15) is 22.7 Å². The van der Waals surface area contributed by atoms with Gasteiger partial charge in [-0.25, -0.2) is 0 Å². The summed E-state index contributed by atoms with van der Waals surface area (Å²) in [6, 6.07) is 15.3. The molecule has 0 bridgehead atoms. The molecule has 0 spiro atoms. The number of benzene rings is 3. The summed E-state index contributed by atoms with van der Waals surface area (Å²) in [7, 11) is 0. The lowest BCUT2D eigenvalue weighted by Gasteiger charge is -2.26. The lowest BCUT2D eigenvalue weighted by atomic mass is 9.95. The number of nitro benzene ring substituents is 1. The third-order valence-electron chi connectivity index (χ3n) is 5.36. The fraction of sp³-hybridized carbons (Fsp3) is 0.0833. The number of anilines is 1. The van der Waals surface area contributed by atoms with Gasteiger partial charge in [-0.1, -0.05) is 36.4 Å². The lowest BCUT2D eigenvalue weighted by molar-refractivity contribution is -0.384. The molecule has 3 aromatic carbocycles. The smallest absolute Gasteiger partial charge is 0.416 e. The number of hydrogen-bond donors (Lipinski definition) is 1. The Morgan fingerprint density at radius 2 is 1.59 bits per heavy atom. The molecule has 7 nitrogen and oxygen atoms in total. The van der Waals surface area contributed by atoms with E-state index in [1.807, 2.05) is 0 Å². The number of nitro groups is 1. The maximum atomic E-state index is 13.3. The Morgan fingerprint density at radius 3 is 2.18 bits per heavy atom. The Kier molecular flexibility index (Phi) is 5.66. The molecule has 0 saturated carbocycles. The molecule has 0 unspecified atom stereocenters. The highest BCUT2D eigenvalue weighted by Gasteiger charge is 2.47. The third kappa shape index (κ3) is 4.01. The number of rotatable bonds is 4. The number of non-ortho nitro benzene ring substituents is 1. The predicted molar refractivity (Wildman–Crippen MR) is 116 cm³/mol. The van der Waals surface area contributed by atoms with Gasteiger partial charge in [-0.3, -0.25) is 24.6 Å². The van der Waals surface area contributed by atoms with Crippen LogP contribution >= 0.6 is 0 Å². The van der Waals surface area contributed by atoms with Crippen LogP contribution in [0.15, 0.2) is 84.4 Å². The van der Waals surface area contributed by atoms with Crippen LogP contribution in [0.25, 0.3) is 5.76 Å². The first kappa shape index (κ1) is 22.7. The van der Waals surface area contributed by atoms with Crippen LogP contribution in [0, 0.1) is 10.1 Å². The summed E-state index contributed by atoms with van der Waals surface area (Å²) in [5.74, 6) is -2.75. The summed E-state index contributed by atoms with van der Waals surface area (Å²) in [6.45, 7) is 0. The Hall–Kier alpha value is -4.47. The SMILES string of the molecule is O=C1C(=O)N(c2cccc(C(F)(F)F)c2)[C@@H](c2ccc([N+](=O)[O-])cc2)/C1=C(/O)c1ccccc1. The zero-order valence-electron chi connectivity index (χ0n) is 17.2. The van der Waals surface area contributed by atoms with Crippen LogP contribution < -0.4 is 4.90 Å². The van der Waals surface area contributed by atoms with Crippen LogP contribution in [0.4, 0.5) is 24.5 Å². The summed E-state index contributed by atoms with van der Waals surface area (Å²) in [4.78, 5) is 37.3. The van der Waals surface area contributed by atoms with Crippen molar-refractivity contribution in [3.05, 3.63) is 111 Å². The number of aliphatic hydroxyl groups excluding tert-OH is 1. The first-order valence-electron chi connectivity index (χ1n) is 9.87. The molecule has 0 aliphatic carbocycles. The van der Waals surface area contributed by atoms with E-state index >= 15 is 0 Å². The number of Topliss-reactive ketones (excluding diaryl/α,β-unsaturated/α-hetero) is 1. The minimum atomic E-state index is -4.70. The van der Waals surface area contributed by atoms with E-state index in [-0.39, 0.29) is 28.1 Å². The van der Waals surface area contributed by atoms with Gasteiger partial charge in [-0.05, 0) is 35.9 Å². The fourth-order valence-corrected chi connectivity index (χ4v) is 3.78. The van der Waals surface area contributed by atoms with Crippen molar-refractivity contribution < 1.29 is 32.8 Å². The highest BCUT2D eigenvalue weighted by molar-refractivity contribution is 6.51. The summed E-state index contributed by atoms with van der Waals surface area (Å²) in [5.41, 5.74) is -1.44. The minimum Gasteiger partial charge on any atom is -0.507 e. The molecule has 1 saturated heterocycles. The molecule has 172 valence electrons. The van der Waals surface area contributed by atoms with Gasteiger partial charge in [-0.2, -0.15) is 13.2 Å². The molecule has 1 atom stereocenters. The predicted octanol–water partition coefficient (Wildman–Crippen LogP) is 5.24. The number of carbonyl (C=O) groups is 2. The maximum Gasteiger partial charge on any atom is 0.416 e. The number of ketones is 1. The zero-order chi connectivity index (χ0) is 24.6. The number of halogens is 3. The van der Waals surface area contributed by atoms with Gasteiger partial charge < -0.3 is 5.11 Å².